The number of carboxylic acids is 1. The van der Waals surface area contributed by atoms with Gasteiger partial charge in [-0.15, -0.1) is 10.2 Å². The Bertz CT molecular complexity index is 389. The monoisotopic (exact) mass is 243 g/mol. The van der Waals surface area contributed by atoms with Crippen LogP contribution >= 0.6 is 11.3 Å². The fraction of sp³-hybridized carbons (Fsp3) is 0.556. The molecule has 7 heteroatoms. The average Bonchev–Trinajstić information content (AvgIpc) is 2.49. The van der Waals surface area contributed by atoms with Crippen molar-refractivity contribution in [3.8, 4) is 0 Å². The minimum Gasteiger partial charge on any atom is -0.481 e. The molecule has 0 atom stereocenters. The van der Waals surface area contributed by atoms with Gasteiger partial charge in [0.15, 0.2) is 0 Å². The second-order valence-corrected chi connectivity index (χ2v) is 4.78. The number of nitrogens with zero attached hydrogens (tertiary/aromatic N) is 2. The molecule has 0 radical (unpaired) electrons. The Hall–Kier alpha value is -1.50. The van der Waals surface area contributed by atoms with E-state index in [4.69, 9.17) is 5.11 Å². The van der Waals surface area contributed by atoms with Crippen LogP contribution in [0.3, 0.4) is 0 Å². The quantitative estimate of drug-likeness (QED) is 0.757. The highest BCUT2D eigenvalue weighted by molar-refractivity contribution is 7.15. The Morgan fingerprint density at radius 3 is 2.69 bits per heavy atom. The van der Waals surface area contributed by atoms with Crippen LogP contribution in [0.25, 0.3) is 0 Å². The Morgan fingerprint density at radius 1 is 1.44 bits per heavy atom. The lowest BCUT2D eigenvalue weighted by molar-refractivity contribution is -0.139. The molecule has 0 aliphatic rings. The van der Waals surface area contributed by atoms with Crippen LogP contribution < -0.4 is 5.32 Å². The first-order valence-corrected chi connectivity index (χ1v) is 5.63. The normalized spacial score (nSPS) is 10.4. The van der Waals surface area contributed by atoms with E-state index in [1.807, 2.05) is 0 Å². The van der Waals surface area contributed by atoms with Gasteiger partial charge in [-0.2, -0.15) is 0 Å². The van der Waals surface area contributed by atoms with Crippen molar-refractivity contribution < 1.29 is 14.7 Å². The molecule has 1 aromatic rings. The molecule has 2 N–H and O–H groups in total. The standard InChI is InChI=1S/C9H13N3O3S/c1-5(2)3-7-11-12-9(16-7)10-6(13)4-8(14)15/h5H,3-4H2,1-2H3,(H,14,15)(H,10,12,13). The second-order valence-electron chi connectivity index (χ2n) is 3.72. The largest absolute Gasteiger partial charge is 0.481 e. The highest BCUT2D eigenvalue weighted by Gasteiger charge is 2.11. The topological polar surface area (TPSA) is 92.2 Å². The highest BCUT2D eigenvalue weighted by atomic mass is 32.1. The maximum atomic E-state index is 11.1. The van der Waals surface area contributed by atoms with Crippen LogP contribution in [0.1, 0.15) is 25.3 Å². The molecule has 1 heterocycles. The lowest BCUT2D eigenvalue weighted by Crippen LogP contribution is -2.15. The first kappa shape index (κ1) is 12.6. The molecule has 0 aliphatic carbocycles. The smallest absolute Gasteiger partial charge is 0.312 e. The number of carbonyl (C=O) groups excluding carboxylic acids is 1. The van der Waals surface area contributed by atoms with Gasteiger partial charge in [0.2, 0.25) is 11.0 Å². The van der Waals surface area contributed by atoms with Crippen molar-refractivity contribution in [2.24, 2.45) is 5.92 Å². The van der Waals surface area contributed by atoms with Crippen molar-refractivity contribution in [3.63, 3.8) is 0 Å². The van der Waals surface area contributed by atoms with Gasteiger partial charge in [-0.3, -0.25) is 9.59 Å². The number of hydrogen-bond acceptors (Lipinski definition) is 5. The molecule has 16 heavy (non-hydrogen) atoms. The molecule has 0 saturated carbocycles. The molecule has 6 nitrogen and oxygen atoms in total. The minimum absolute atomic E-state index is 0.349. The van der Waals surface area contributed by atoms with Crippen molar-refractivity contribution in [2.75, 3.05) is 5.32 Å². The van der Waals surface area contributed by atoms with E-state index in [1.54, 1.807) is 0 Å². The van der Waals surface area contributed by atoms with Crippen molar-refractivity contribution in [1.29, 1.82) is 0 Å². The van der Waals surface area contributed by atoms with Crippen LogP contribution in [0.2, 0.25) is 0 Å². The SMILES string of the molecule is CC(C)Cc1nnc(NC(=O)CC(=O)O)s1. The van der Waals surface area contributed by atoms with Crippen LogP contribution in [-0.4, -0.2) is 27.2 Å². The summed E-state index contributed by atoms with van der Waals surface area (Å²) in [5.41, 5.74) is 0. The van der Waals surface area contributed by atoms with E-state index in [2.05, 4.69) is 29.4 Å². The first-order chi connectivity index (χ1) is 7.47. The number of carbonyl (C=O) groups is 2. The van der Waals surface area contributed by atoms with Gasteiger partial charge in [0.05, 0.1) is 0 Å². The number of nitrogens with one attached hydrogen (secondary N) is 1. The number of aliphatic carboxylic acids is 1. The number of aromatic nitrogens is 2. The van der Waals surface area contributed by atoms with E-state index in [9.17, 15) is 9.59 Å². The number of rotatable bonds is 5. The Labute approximate surface area is 96.7 Å². The zero-order chi connectivity index (χ0) is 12.1. The molecule has 0 bridgehead atoms. The third-order valence-corrected chi connectivity index (χ3v) is 2.47. The van der Waals surface area contributed by atoms with Gasteiger partial charge in [-0.25, -0.2) is 0 Å². The van der Waals surface area contributed by atoms with Crippen LogP contribution in [0.5, 0.6) is 0 Å². The molecule has 1 amide bonds. The molecule has 0 spiro atoms. The molecule has 0 aliphatic heterocycles. The van der Waals surface area contributed by atoms with Crippen LogP contribution in [0.4, 0.5) is 5.13 Å². The Balaban J connectivity index is 2.51. The van der Waals surface area contributed by atoms with Crippen LogP contribution in [-0.2, 0) is 16.0 Å². The predicted octanol–water partition coefficient (Wildman–Crippen LogP) is 1.15. The number of anilines is 1. The summed E-state index contributed by atoms with van der Waals surface area (Å²) in [5.74, 6) is -1.28. The molecular weight excluding hydrogens is 230 g/mol. The molecule has 1 rings (SSSR count). The predicted molar refractivity (Wildman–Crippen MR) is 59.3 cm³/mol. The van der Waals surface area contributed by atoms with Gasteiger partial charge < -0.3 is 10.4 Å². The lowest BCUT2D eigenvalue weighted by atomic mass is 10.1. The van der Waals surface area contributed by atoms with Gasteiger partial charge in [-0.05, 0) is 5.92 Å². The zero-order valence-corrected chi connectivity index (χ0v) is 9.87. The summed E-state index contributed by atoms with van der Waals surface area (Å²) in [5, 5.41) is 19.6. The Morgan fingerprint density at radius 2 is 2.12 bits per heavy atom. The molecule has 0 fully saturated rings. The Kier molecular flexibility index (Phi) is 4.36. The number of amides is 1. The lowest BCUT2D eigenvalue weighted by Gasteiger charge is -1.98. The molecule has 0 unspecified atom stereocenters. The van der Waals surface area contributed by atoms with E-state index in [1.165, 1.54) is 11.3 Å². The summed E-state index contributed by atoms with van der Waals surface area (Å²) >= 11 is 1.27. The van der Waals surface area contributed by atoms with Crippen LogP contribution in [0.15, 0.2) is 0 Å². The van der Waals surface area contributed by atoms with Gasteiger partial charge in [0.1, 0.15) is 11.4 Å². The molecule has 88 valence electrons. The third kappa shape index (κ3) is 4.35. The summed E-state index contributed by atoms with van der Waals surface area (Å²) in [6, 6.07) is 0. The molecule has 0 aromatic carbocycles. The van der Waals surface area contributed by atoms with Crippen molar-refractivity contribution in [1.82, 2.24) is 10.2 Å². The maximum Gasteiger partial charge on any atom is 0.312 e. The number of carboxylic acid groups (broad SMARTS) is 1. The summed E-state index contributed by atoms with van der Waals surface area (Å²) in [6.45, 7) is 4.12. The maximum absolute atomic E-state index is 11.1. The van der Waals surface area contributed by atoms with Crippen molar-refractivity contribution in [2.45, 2.75) is 26.7 Å². The summed E-state index contributed by atoms with van der Waals surface area (Å²) in [6.07, 6.45) is 0.242. The molecule has 1 aromatic heterocycles. The van der Waals surface area contributed by atoms with Crippen molar-refractivity contribution >= 4 is 28.3 Å². The summed E-state index contributed by atoms with van der Waals surface area (Å²) in [4.78, 5) is 21.4. The summed E-state index contributed by atoms with van der Waals surface area (Å²) < 4.78 is 0. The van der Waals surface area contributed by atoms with Gasteiger partial charge in [-0.1, -0.05) is 25.2 Å². The third-order valence-electron chi connectivity index (χ3n) is 1.61. The van der Waals surface area contributed by atoms with E-state index < -0.39 is 18.3 Å². The van der Waals surface area contributed by atoms with Gasteiger partial charge in [0.25, 0.3) is 0 Å². The van der Waals surface area contributed by atoms with Gasteiger partial charge in [0, 0.05) is 6.42 Å². The minimum atomic E-state index is -1.16. The van der Waals surface area contributed by atoms with E-state index in [0.717, 1.165) is 11.4 Å². The van der Waals surface area contributed by atoms with Crippen molar-refractivity contribution in [3.05, 3.63) is 5.01 Å². The van der Waals surface area contributed by atoms with E-state index in [-0.39, 0.29) is 0 Å². The zero-order valence-electron chi connectivity index (χ0n) is 9.06. The van der Waals surface area contributed by atoms with Crippen LogP contribution in [0, 0.1) is 5.92 Å². The van der Waals surface area contributed by atoms with E-state index >= 15 is 0 Å². The first-order valence-electron chi connectivity index (χ1n) is 4.81. The second kappa shape index (κ2) is 5.55. The average molecular weight is 243 g/mol. The fourth-order valence-electron chi connectivity index (χ4n) is 1.04. The van der Waals surface area contributed by atoms with Gasteiger partial charge >= 0.3 is 5.97 Å². The molecule has 0 saturated heterocycles. The fourth-order valence-corrected chi connectivity index (χ4v) is 2.00. The van der Waals surface area contributed by atoms with E-state index in [0.29, 0.717) is 11.0 Å². The number of hydrogen-bond donors (Lipinski definition) is 2. The summed E-state index contributed by atoms with van der Waals surface area (Å²) in [7, 11) is 0. The highest BCUT2D eigenvalue weighted by Crippen LogP contribution is 2.18. The molecular formula is C9H13N3O3S.